The van der Waals surface area contributed by atoms with Crippen LogP contribution in [0.1, 0.15) is 34.1 Å². The van der Waals surface area contributed by atoms with Gasteiger partial charge in [-0.15, -0.1) is 0 Å². The lowest BCUT2D eigenvalue weighted by Crippen LogP contribution is -2.38. The third-order valence-electron chi connectivity index (χ3n) is 2.62. The molecular weight excluding hydrogens is 204 g/mol. The normalized spacial score (nSPS) is 13.2. The second-order valence-electron chi connectivity index (χ2n) is 4.44. The Morgan fingerprint density at radius 2 is 2.00 bits per heavy atom. The number of hydrogen-bond acceptors (Lipinski definition) is 4. The Bertz CT molecular complexity index is 195. The highest BCUT2D eigenvalue weighted by atomic mass is 16.5. The molecule has 0 bridgehead atoms. The molecule has 0 saturated heterocycles. The molecule has 0 aliphatic carbocycles. The Balaban J connectivity index is 3.57. The molecule has 16 heavy (non-hydrogen) atoms. The van der Waals surface area contributed by atoms with E-state index in [-0.39, 0.29) is 12.0 Å². The standard InChI is InChI=1S/C12H26N2O2/c1-6-16-12(15)9-11(4)13-7-8-14(5)10(2)3/h10-11,13H,6-9H2,1-5H3. The molecule has 1 N–H and O–H groups in total. The number of ether oxygens (including phenoxy) is 1. The Hall–Kier alpha value is -0.610. The van der Waals surface area contributed by atoms with Gasteiger partial charge in [-0.1, -0.05) is 0 Å². The molecule has 0 aliphatic heterocycles. The van der Waals surface area contributed by atoms with Gasteiger partial charge in [-0.25, -0.2) is 0 Å². The fourth-order valence-electron chi connectivity index (χ4n) is 1.29. The molecule has 1 unspecified atom stereocenters. The van der Waals surface area contributed by atoms with Gasteiger partial charge in [0, 0.05) is 25.2 Å². The van der Waals surface area contributed by atoms with Gasteiger partial charge in [0.2, 0.25) is 0 Å². The molecule has 0 heterocycles. The van der Waals surface area contributed by atoms with Crippen molar-refractivity contribution < 1.29 is 9.53 Å². The second-order valence-corrected chi connectivity index (χ2v) is 4.44. The molecule has 1 atom stereocenters. The number of nitrogens with one attached hydrogen (secondary N) is 1. The van der Waals surface area contributed by atoms with E-state index in [0.29, 0.717) is 19.1 Å². The molecule has 4 heteroatoms. The van der Waals surface area contributed by atoms with Gasteiger partial charge in [0.25, 0.3) is 0 Å². The van der Waals surface area contributed by atoms with Crippen LogP contribution >= 0.6 is 0 Å². The third-order valence-corrected chi connectivity index (χ3v) is 2.62. The fourth-order valence-corrected chi connectivity index (χ4v) is 1.29. The highest BCUT2D eigenvalue weighted by Gasteiger charge is 2.09. The van der Waals surface area contributed by atoms with E-state index in [1.807, 2.05) is 13.8 Å². The molecule has 0 aromatic carbocycles. The maximum Gasteiger partial charge on any atom is 0.307 e. The topological polar surface area (TPSA) is 41.6 Å². The summed E-state index contributed by atoms with van der Waals surface area (Å²) in [5.74, 6) is -0.125. The third kappa shape index (κ3) is 7.65. The summed E-state index contributed by atoms with van der Waals surface area (Å²) in [6, 6.07) is 0.738. The largest absolute Gasteiger partial charge is 0.466 e. The van der Waals surface area contributed by atoms with Crippen molar-refractivity contribution in [2.45, 2.75) is 46.2 Å². The molecule has 0 aromatic heterocycles. The Morgan fingerprint density at radius 1 is 1.38 bits per heavy atom. The van der Waals surface area contributed by atoms with Gasteiger partial charge in [-0.05, 0) is 34.7 Å². The molecule has 0 aromatic rings. The molecule has 0 amide bonds. The number of carbonyl (C=O) groups excluding carboxylic acids is 1. The minimum absolute atomic E-state index is 0.125. The first-order chi connectivity index (χ1) is 7.47. The fraction of sp³-hybridized carbons (Fsp3) is 0.917. The first-order valence-electron chi connectivity index (χ1n) is 6.06. The van der Waals surface area contributed by atoms with Crippen molar-refractivity contribution in [2.24, 2.45) is 0 Å². The van der Waals surface area contributed by atoms with Crippen molar-refractivity contribution in [3.63, 3.8) is 0 Å². The molecule has 0 aliphatic rings. The van der Waals surface area contributed by atoms with Crippen LogP contribution in [0.5, 0.6) is 0 Å². The average Bonchev–Trinajstić information content (AvgIpc) is 2.17. The first kappa shape index (κ1) is 15.4. The van der Waals surface area contributed by atoms with E-state index < -0.39 is 0 Å². The number of likely N-dealkylation sites (N-methyl/N-ethyl adjacent to an activating group) is 1. The zero-order chi connectivity index (χ0) is 12.6. The summed E-state index contributed by atoms with van der Waals surface area (Å²) < 4.78 is 4.89. The van der Waals surface area contributed by atoms with Crippen LogP contribution in [-0.4, -0.2) is 49.7 Å². The summed E-state index contributed by atoms with van der Waals surface area (Å²) in [7, 11) is 2.10. The summed E-state index contributed by atoms with van der Waals surface area (Å²) >= 11 is 0. The van der Waals surface area contributed by atoms with Crippen LogP contribution in [0.4, 0.5) is 0 Å². The minimum atomic E-state index is -0.125. The van der Waals surface area contributed by atoms with E-state index >= 15 is 0 Å². The molecule has 0 rings (SSSR count). The van der Waals surface area contributed by atoms with Crippen LogP contribution in [0.3, 0.4) is 0 Å². The zero-order valence-corrected chi connectivity index (χ0v) is 11.2. The number of nitrogens with zero attached hydrogens (tertiary/aromatic N) is 1. The summed E-state index contributed by atoms with van der Waals surface area (Å²) in [5, 5.41) is 3.32. The second kappa shape index (κ2) is 8.53. The highest BCUT2D eigenvalue weighted by Crippen LogP contribution is 1.95. The van der Waals surface area contributed by atoms with E-state index in [4.69, 9.17) is 4.74 Å². The quantitative estimate of drug-likeness (QED) is 0.637. The number of hydrogen-bond donors (Lipinski definition) is 1. The Kier molecular flexibility index (Phi) is 8.21. The Morgan fingerprint density at radius 3 is 2.50 bits per heavy atom. The lowest BCUT2D eigenvalue weighted by atomic mass is 10.2. The molecule has 0 spiro atoms. The predicted octanol–water partition coefficient (Wildman–Crippen LogP) is 1.26. The molecule has 0 radical (unpaired) electrons. The van der Waals surface area contributed by atoms with Gasteiger partial charge in [-0.2, -0.15) is 0 Å². The van der Waals surface area contributed by atoms with E-state index in [1.165, 1.54) is 0 Å². The lowest BCUT2D eigenvalue weighted by molar-refractivity contribution is -0.143. The number of rotatable bonds is 8. The van der Waals surface area contributed by atoms with Crippen LogP contribution in [-0.2, 0) is 9.53 Å². The summed E-state index contributed by atoms with van der Waals surface area (Å²) in [6.45, 7) is 10.5. The van der Waals surface area contributed by atoms with Crippen molar-refractivity contribution in [2.75, 3.05) is 26.7 Å². The highest BCUT2D eigenvalue weighted by molar-refractivity contribution is 5.69. The zero-order valence-electron chi connectivity index (χ0n) is 11.2. The van der Waals surface area contributed by atoms with Crippen LogP contribution in [0.15, 0.2) is 0 Å². The lowest BCUT2D eigenvalue weighted by Gasteiger charge is -2.22. The van der Waals surface area contributed by atoms with E-state index in [2.05, 4.69) is 31.1 Å². The van der Waals surface area contributed by atoms with Crippen LogP contribution in [0.2, 0.25) is 0 Å². The van der Waals surface area contributed by atoms with Crippen molar-refractivity contribution >= 4 is 5.97 Å². The summed E-state index contributed by atoms with van der Waals surface area (Å²) in [4.78, 5) is 13.5. The smallest absolute Gasteiger partial charge is 0.307 e. The Labute approximate surface area is 99.3 Å². The van der Waals surface area contributed by atoms with Gasteiger partial charge >= 0.3 is 5.97 Å². The van der Waals surface area contributed by atoms with Crippen molar-refractivity contribution in [3.05, 3.63) is 0 Å². The van der Waals surface area contributed by atoms with E-state index in [1.54, 1.807) is 0 Å². The molecule has 4 nitrogen and oxygen atoms in total. The molecular formula is C12H26N2O2. The molecule has 96 valence electrons. The molecule has 0 saturated carbocycles. The molecule has 0 fully saturated rings. The van der Waals surface area contributed by atoms with E-state index in [9.17, 15) is 4.79 Å². The van der Waals surface area contributed by atoms with Crippen LogP contribution in [0.25, 0.3) is 0 Å². The van der Waals surface area contributed by atoms with E-state index in [0.717, 1.165) is 13.1 Å². The first-order valence-corrected chi connectivity index (χ1v) is 6.06. The van der Waals surface area contributed by atoms with Gasteiger partial charge in [0.1, 0.15) is 0 Å². The van der Waals surface area contributed by atoms with Crippen molar-refractivity contribution in [3.8, 4) is 0 Å². The maximum atomic E-state index is 11.2. The van der Waals surface area contributed by atoms with Gasteiger partial charge in [-0.3, -0.25) is 4.79 Å². The van der Waals surface area contributed by atoms with Crippen LogP contribution in [0, 0.1) is 0 Å². The monoisotopic (exact) mass is 230 g/mol. The van der Waals surface area contributed by atoms with Crippen molar-refractivity contribution in [1.82, 2.24) is 10.2 Å². The summed E-state index contributed by atoms with van der Waals surface area (Å²) in [5.41, 5.74) is 0. The SMILES string of the molecule is CCOC(=O)CC(C)NCCN(C)C(C)C. The van der Waals surface area contributed by atoms with Gasteiger partial charge < -0.3 is 15.0 Å². The number of esters is 1. The minimum Gasteiger partial charge on any atom is -0.466 e. The van der Waals surface area contributed by atoms with Crippen molar-refractivity contribution in [1.29, 1.82) is 0 Å². The maximum absolute atomic E-state index is 11.2. The summed E-state index contributed by atoms with van der Waals surface area (Å²) in [6.07, 6.45) is 0.444. The average molecular weight is 230 g/mol. The number of carbonyl (C=O) groups is 1. The van der Waals surface area contributed by atoms with Crippen LogP contribution < -0.4 is 5.32 Å². The van der Waals surface area contributed by atoms with Gasteiger partial charge in [0.05, 0.1) is 13.0 Å². The predicted molar refractivity (Wildman–Crippen MR) is 66.5 cm³/mol. The van der Waals surface area contributed by atoms with Gasteiger partial charge in [0.15, 0.2) is 0 Å².